The number of hydrogen-bond donors (Lipinski definition) is 1. The smallest absolute Gasteiger partial charge is 0.128 e. The summed E-state index contributed by atoms with van der Waals surface area (Å²) in [6.07, 6.45) is 0.755. The van der Waals surface area contributed by atoms with Gasteiger partial charge >= 0.3 is 0 Å². The van der Waals surface area contributed by atoms with Crippen molar-refractivity contribution in [1.82, 2.24) is 0 Å². The molecule has 1 aliphatic rings. The summed E-state index contributed by atoms with van der Waals surface area (Å²) in [5.74, 6) is 2.18. The van der Waals surface area contributed by atoms with Gasteiger partial charge < -0.3 is 5.32 Å². The van der Waals surface area contributed by atoms with Crippen molar-refractivity contribution in [3.05, 3.63) is 29.6 Å². The van der Waals surface area contributed by atoms with E-state index in [1.165, 1.54) is 0 Å². The van der Waals surface area contributed by atoms with Crippen molar-refractivity contribution in [1.29, 1.82) is 0 Å². The molecule has 0 bridgehead atoms. The summed E-state index contributed by atoms with van der Waals surface area (Å²) in [5, 5.41) is 3.31. The van der Waals surface area contributed by atoms with Crippen molar-refractivity contribution in [3.63, 3.8) is 0 Å². The topological polar surface area (TPSA) is 12.0 Å². The molecule has 0 atom stereocenters. The van der Waals surface area contributed by atoms with Crippen molar-refractivity contribution in [2.45, 2.75) is 19.4 Å². The van der Waals surface area contributed by atoms with Crippen molar-refractivity contribution in [2.24, 2.45) is 0 Å². The van der Waals surface area contributed by atoms with Gasteiger partial charge in [0.2, 0.25) is 0 Å². The molecule has 1 aromatic rings. The van der Waals surface area contributed by atoms with Gasteiger partial charge in [-0.25, -0.2) is 4.39 Å². The average Bonchev–Trinajstić information content (AvgIpc) is 2.12. The number of halogens is 1. The van der Waals surface area contributed by atoms with E-state index in [0.717, 1.165) is 29.2 Å². The summed E-state index contributed by atoms with van der Waals surface area (Å²) in [7, 11) is 0. The fourth-order valence-electron chi connectivity index (χ4n) is 1.48. The summed E-state index contributed by atoms with van der Waals surface area (Å²) in [4.78, 5) is 0. The maximum atomic E-state index is 13.4. The molecule has 1 nitrogen and oxygen atoms in total. The first-order chi connectivity index (χ1) is 6.79. The van der Waals surface area contributed by atoms with E-state index in [4.69, 9.17) is 0 Å². The lowest BCUT2D eigenvalue weighted by molar-refractivity contribution is 0.612. The van der Waals surface area contributed by atoms with Gasteiger partial charge in [0, 0.05) is 23.2 Å². The Morgan fingerprint density at radius 1 is 1.50 bits per heavy atom. The van der Waals surface area contributed by atoms with Gasteiger partial charge in [-0.2, -0.15) is 11.8 Å². The Morgan fingerprint density at radius 2 is 2.29 bits per heavy atom. The molecule has 14 heavy (non-hydrogen) atoms. The summed E-state index contributed by atoms with van der Waals surface area (Å²) in [6, 6.07) is 5.96. The Hall–Kier alpha value is -0.700. The van der Waals surface area contributed by atoms with Crippen molar-refractivity contribution >= 4 is 17.4 Å². The van der Waals surface area contributed by atoms with Crippen LogP contribution in [-0.2, 0) is 6.42 Å². The first-order valence-corrected chi connectivity index (χ1v) is 6.07. The van der Waals surface area contributed by atoms with Crippen LogP contribution in [-0.4, -0.2) is 17.5 Å². The van der Waals surface area contributed by atoms with Gasteiger partial charge in [-0.1, -0.05) is 13.0 Å². The number of hydrogen-bond acceptors (Lipinski definition) is 2. The van der Waals surface area contributed by atoms with E-state index in [1.54, 1.807) is 6.07 Å². The van der Waals surface area contributed by atoms with E-state index in [9.17, 15) is 4.39 Å². The Kier molecular flexibility index (Phi) is 2.96. The fraction of sp³-hybridized carbons (Fsp3) is 0.455. The number of benzene rings is 1. The molecular weight excluding hydrogens is 197 g/mol. The van der Waals surface area contributed by atoms with Crippen LogP contribution in [0.3, 0.4) is 0 Å². The van der Waals surface area contributed by atoms with Crippen LogP contribution in [0.25, 0.3) is 0 Å². The molecular formula is C11H14FNS. The summed E-state index contributed by atoms with van der Waals surface area (Å²) < 4.78 is 13.4. The highest BCUT2D eigenvalue weighted by Gasteiger charge is 2.17. The Morgan fingerprint density at radius 3 is 2.79 bits per heavy atom. The molecule has 0 aliphatic carbocycles. The lowest BCUT2D eigenvalue weighted by Crippen LogP contribution is -2.33. The lowest BCUT2D eigenvalue weighted by atomic mass is 10.1. The highest BCUT2D eigenvalue weighted by Crippen LogP contribution is 2.23. The standard InChI is InChI=1S/C11H14FNS/c1-2-8-3-4-9(5-11(8)12)13-10-6-14-7-10/h3-5,10,13H,2,6-7H2,1H3. The molecule has 0 spiro atoms. The highest BCUT2D eigenvalue weighted by atomic mass is 32.2. The number of nitrogens with one attached hydrogen (secondary N) is 1. The zero-order chi connectivity index (χ0) is 9.97. The van der Waals surface area contributed by atoms with Gasteiger partial charge in [0.15, 0.2) is 0 Å². The number of thioether (sulfide) groups is 1. The maximum Gasteiger partial charge on any atom is 0.128 e. The molecule has 1 aromatic carbocycles. The molecule has 1 aliphatic heterocycles. The minimum atomic E-state index is -0.0931. The van der Waals surface area contributed by atoms with Crippen LogP contribution in [0.4, 0.5) is 10.1 Å². The summed E-state index contributed by atoms with van der Waals surface area (Å²) in [5.41, 5.74) is 1.70. The summed E-state index contributed by atoms with van der Waals surface area (Å²) >= 11 is 1.92. The van der Waals surface area contributed by atoms with Gasteiger partial charge in [0.05, 0.1) is 0 Å². The van der Waals surface area contributed by atoms with E-state index >= 15 is 0 Å². The third kappa shape index (κ3) is 2.03. The van der Waals surface area contributed by atoms with Crippen LogP contribution >= 0.6 is 11.8 Å². The molecule has 0 saturated carbocycles. The van der Waals surface area contributed by atoms with Crippen molar-refractivity contribution < 1.29 is 4.39 Å². The molecule has 1 N–H and O–H groups in total. The average molecular weight is 211 g/mol. The molecule has 0 radical (unpaired) electrons. The largest absolute Gasteiger partial charge is 0.381 e. The molecule has 76 valence electrons. The SMILES string of the molecule is CCc1ccc(NC2CSC2)cc1F. The second-order valence-corrected chi connectivity index (χ2v) is 4.61. The van der Waals surface area contributed by atoms with Crippen LogP contribution in [0, 0.1) is 5.82 Å². The number of rotatable bonds is 3. The van der Waals surface area contributed by atoms with Crippen LogP contribution in [0.1, 0.15) is 12.5 Å². The van der Waals surface area contributed by atoms with Gasteiger partial charge in [-0.15, -0.1) is 0 Å². The minimum Gasteiger partial charge on any atom is -0.381 e. The zero-order valence-electron chi connectivity index (χ0n) is 8.22. The van der Waals surface area contributed by atoms with Gasteiger partial charge in [-0.3, -0.25) is 0 Å². The highest BCUT2D eigenvalue weighted by molar-refractivity contribution is 8.00. The summed E-state index contributed by atoms with van der Waals surface area (Å²) in [6.45, 7) is 1.97. The predicted octanol–water partition coefficient (Wildman–Crippen LogP) is 2.92. The molecule has 0 amide bonds. The van der Waals surface area contributed by atoms with E-state index in [-0.39, 0.29) is 5.82 Å². The Labute approximate surface area is 88.1 Å². The Bertz CT molecular complexity index is 323. The number of anilines is 1. The molecule has 1 fully saturated rings. The van der Waals surface area contributed by atoms with Crippen LogP contribution in [0.15, 0.2) is 18.2 Å². The van der Waals surface area contributed by atoms with Gasteiger partial charge in [0.25, 0.3) is 0 Å². The molecule has 2 rings (SSSR count). The monoisotopic (exact) mass is 211 g/mol. The molecule has 3 heteroatoms. The Balaban J connectivity index is 2.07. The lowest BCUT2D eigenvalue weighted by Gasteiger charge is -2.27. The van der Waals surface area contributed by atoms with E-state index in [1.807, 2.05) is 30.8 Å². The first-order valence-electron chi connectivity index (χ1n) is 4.92. The minimum absolute atomic E-state index is 0.0931. The van der Waals surface area contributed by atoms with Crippen LogP contribution < -0.4 is 5.32 Å². The van der Waals surface area contributed by atoms with E-state index in [0.29, 0.717) is 6.04 Å². The second-order valence-electron chi connectivity index (χ2n) is 3.54. The van der Waals surface area contributed by atoms with Gasteiger partial charge in [0.1, 0.15) is 5.82 Å². The second kappa shape index (κ2) is 4.22. The molecule has 0 aromatic heterocycles. The van der Waals surface area contributed by atoms with Crippen molar-refractivity contribution in [3.8, 4) is 0 Å². The van der Waals surface area contributed by atoms with E-state index in [2.05, 4.69) is 5.32 Å². The molecule has 1 saturated heterocycles. The predicted molar refractivity (Wildman–Crippen MR) is 60.5 cm³/mol. The third-order valence-corrected chi connectivity index (χ3v) is 3.72. The van der Waals surface area contributed by atoms with Crippen molar-refractivity contribution in [2.75, 3.05) is 16.8 Å². The third-order valence-electron chi connectivity index (χ3n) is 2.44. The maximum absolute atomic E-state index is 13.4. The zero-order valence-corrected chi connectivity index (χ0v) is 9.03. The first kappa shape index (κ1) is 9.84. The van der Waals surface area contributed by atoms with Crippen LogP contribution in [0.2, 0.25) is 0 Å². The molecule has 0 unspecified atom stereocenters. The molecule has 1 heterocycles. The normalized spacial score (nSPS) is 16.4. The fourth-order valence-corrected chi connectivity index (χ4v) is 2.12. The van der Waals surface area contributed by atoms with Gasteiger partial charge in [-0.05, 0) is 24.1 Å². The van der Waals surface area contributed by atoms with Crippen LogP contribution in [0.5, 0.6) is 0 Å². The quantitative estimate of drug-likeness (QED) is 0.825. The number of aryl methyl sites for hydroxylation is 1. The van der Waals surface area contributed by atoms with E-state index < -0.39 is 0 Å².